The number of nitrogens with one attached hydrogen (secondary N) is 1. The van der Waals surface area contributed by atoms with Gasteiger partial charge in [0.15, 0.2) is 5.58 Å². The number of hydrogen-bond acceptors (Lipinski definition) is 7. The molecule has 1 aliphatic carbocycles. The molecule has 0 unspecified atom stereocenters. The van der Waals surface area contributed by atoms with Crippen LogP contribution < -0.4 is 10.5 Å². The highest BCUT2D eigenvalue weighted by Gasteiger charge is 2.39. The van der Waals surface area contributed by atoms with Crippen LogP contribution in [0, 0.1) is 11.7 Å². The number of sulfonamides is 1. The maximum Gasteiger partial charge on any atom is 0.419 e. The number of benzene rings is 2. The second-order valence-corrected chi connectivity index (χ2v) is 9.52. The van der Waals surface area contributed by atoms with E-state index in [1.165, 1.54) is 16.5 Å². The Morgan fingerprint density at radius 1 is 1.27 bits per heavy atom. The zero-order valence-electron chi connectivity index (χ0n) is 15.4. The number of halogens is 1. The van der Waals surface area contributed by atoms with Gasteiger partial charge in [-0.05, 0) is 23.8 Å². The van der Waals surface area contributed by atoms with Crippen molar-refractivity contribution in [3.8, 4) is 0 Å². The Balaban J connectivity index is 1.45. The molecule has 2 heterocycles. The lowest BCUT2D eigenvalue weighted by Crippen LogP contribution is -2.16. The maximum atomic E-state index is 14.7. The van der Waals surface area contributed by atoms with Crippen LogP contribution in [-0.2, 0) is 16.6 Å². The van der Waals surface area contributed by atoms with Gasteiger partial charge in [-0.3, -0.25) is 9.29 Å². The van der Waals surface area contributed by atoms with Gasteiger partial charge in [-0.1, -0.05) is 30.3 Å². The van der Waals surface area contributed by atoms with Crippen LogP contribution in [0.5, 0.6) is 0 Å². The van der Waals surface area contributed by atoms with Gasteiger partial charge in [0.25, 0.3) is 10.0 Å². The van der Waals surface area contributed by atoms with Crippen LogP contribution in [0.25, 0.3) is 11.1 Å². The van der Waals surface area contributed by atoms with Crippen molar-refractivity contribution in [2.75, 3.05) is 4.72 Å². The van der Waals surface area contributed by atoms with Gasteiger partial charge >= 0.3 is 5.76 Å². The molecule has 1 N–H and O–H groups in total. The Morgan fingerprint density at radius 2 is 2.07 bits per heavy atom. The van der Waals surface area contributed by atoms with Crippen molar-refractivity contribution in [2.24, 2.45) is 5.92 Å². The fourth-order valence-corrected chi connectivity index (χ4v) is 5.36. The summed E-state index contributed by atoms with van der Waals surface area (Å²) in [6, 6.07) is 12.0. The minimum Gasteiger partial charge on any atom is -0.408 e. The molecular formula is C19H15FN4O4S2. The van der Waals surface area contributed by atoms with E-state index >= 15 is 0 Å². The molecule has 11 heteroatoms. The molecule has 1 fully saturated rings. The number of hydrogen-bond donors (Lipinski definition) is 1. The molecule has 2 aromatic heterocycles. The summed E-state index contributed by atoms with van der Waals surface area (Å²) in [6.07, 6.45) is 2.10. The lowest BCUT2D eigenvalue weighted by atomic mass is 10.1. The van der Waals surface area contributed by atoms with Crippen LogP contribution in [-0.4, -0.2) is 22.3 Å². The monoisotopic (exact) mass is 446 g/mol. The first kappa shape index (κ1) is 18.9. The molecule has 30 heavy (non-hydrogen) atoms. The second-order valence-electron chi connectivity index (χ2n) is 7.09. The summed E-state index contributed by atoms with van der Waals surface area (Å²) in [5.41, 5.74) is 1.44. The van der Waals surface area contributed by atoms with Crippen molar-refractivity contribution < 1.29 is 17.2 Å². The number of nitrogens with zero attached hydrogens (tertiary/aromatic N) is 3. The zero-order valence-corrected chi connectivity index (χ0v) is 17.0. The van der Waals surface area contributed by atoms with E-state index in [9.17, 15) is 17.6 Å². The molecule has 1 aliphatic rings. The Hall–Kier alpha value is -3.05. The van der Waals surface area contributed by atoms with E-state index in [4.69, 9.17) is 4.42 Å². The molecule has 4 aromatic rings. The fourth-order valence-electron chi connectivity index (χ4n) is 3.62. The third-order valence-electron chi connectivity index (χ3n) is 5.16. The highest BCUT2D eigenvalue weighted by molar-refractivity contribution is 7.93. The van der Waals surface area contributed by atoms with Crippen molar-refractivity contribution in [3.05, 3.63) is 70.7 Å². The van der Waals surface area contributed by atoms with Crippen LogP contribution in [0.1, 0.15) is 17.9 Å². The minimum atomic E-state index is -4.25. The lowest BCUT2D eigenvalue weighted by molar-refractivity contribution is 0.488. The third kappa shape index (κ3) is 3.39. The summed E-state index contributed by atoms with van der Waals surface area (Å²) in [5, 5.41) is 0.00852. The SMILES string of the molecule is O=c1oc2cc(S(=O)(=O)Nc3ncns3)c(F)cc2n1C[C@H]1C[C@@H]1c1ccccc1. The second kappa shape index (κ2) is 7.03. The maximum absolute atomic E-state index is 14.7. The molecule has 2 atom stereocenters. The largest absolute Gasteiger partial charge is 0.419 e. The van der Waals surface area contributed by atoms with Crippen LogP contribution in [0.3, 0.4) is 0 Å². The third-order valence-corrected chi connectivity index (χ3v) is 7.23. The van der Waals surface area contributed by atoms with Crippen LogP contribution in [0.15, 0.2) is 62.9 Å². The van der Waals surface area contributed by atoms with Gasteiger partial charge in [-0.15, -0.1) is 0 Å². The van der Waals surface area contributed by atoms with E-state index in [-0.39, 0.29) is 22.1 Å². The molecule has 154 valence electrons. The average molecular weight is 446 g/mol. The van der Waals surface area contributed by atoms with E-state index in [2.05, 4.69) is 14.1 Å². The Labute approximate surface area is 174 Å². The quantitative estimate of drug-likeness (QED) is 0.487. The van der Waals surface area contributed by atoms with Gasteiger partial charge in [0, 0.05) is 30.2 Å². The van der Waals surface area contributed by atoms with Gasteiger partial charge in [0.1, 0.15) is 17.0 Å². The summed E-state index contributed by atoms with van der Waals surface area (Å²) < 4.78 is 52.2. The predicted molar refractivity (Wildman–Crippen MR) is 108 cm³/mol. The molecule has 0 bridgehead atoms. The Morgan fingerprint density at radius 3 is 2.80 bits per heavy atom. The molecule has 0 amide bonds. The first-order chi connectivity index (χ1) is 14.4. The van der Waals surface area contributed by atoms with Crippen molar-refractivity contribution in [1.82, 2.24) is 13.9 Å². The summed E-state index contributed by atoms with van der Waals surface area (Å²) in [6.45, 7) is 0.375. The number of fused-ring (bicyclic) bond motifs is 1. The normalized spacial score (nSPS) is 18.6. The smallest absolute Gasteiger partial charge is 0.408 e. The molecule has 5 rings (SSSR count). The number of oxazole rings is 1. The summed E-state index contributed by atoms with van der Waals surface area (Å²) >= 11 is 0.821. The van der Waals surface area contributed by atoms with E-state index in [1.54, 1.807) is 0 Å². The molecule has 1 saturated carbocycles. The van der Waals surface area contributed by atoms with E-state index in [0.717, 1.165) is 30.1 Å². The van der Waals surface area contributed by atoms with Gasteiger partial charge in [-0.25, -0.2) is 22.6 Å². The van der Waals surface area contributed by atoms with E-state index in [0.29, 0.717) is 12.5 Å². The summed E-state index contributed by atoms with van der Waals surface area (Å²) in [7, 11) is -4.25. The molecule has 2 aromatic carbocycles. The van der Waals surface area contributed by atoms with Crippen LogP contribution in [0.2, 0.25) is 0 Å². The van der Waals surface area contributed by atoms with Gasteiger partial charge in [0.2, 0.25) is 5.13 Å². The lowest BCUT2D eigenvalue weighted by Gasteiger charge is -2.07. The van der Waals surface area contributed by atoms with Crippen molar-refractivity contribution in [2.45, 2.75) is 23.8 Å². The van der Waals surface area contributed by atoms with Gasteiger partial charge < -0.3 is 4.42 Å². The van der Waals surface area contributed by atoms with Crippen molar-refractivity contribution in [1.29, 1.82) is 0 Å². The van der Waals surface area contributed by atoms with Crippen molar-refractivity contribution >= 4 is 37.8 Å². The number of rotatable bonds is 6. The van der Waals surface area contributed by atoms with Crippen LogP contribution >= 0.6 is 11.5 Å². The van der Waals surface area contributed by atoms with E-state index in [1.807, 2.05) is 30.3 Å². The van der Waals surface area contributed by atoms with Gasteiger partial charge in [0.05, 0.1) is 5.52 Å². The summed E-state index contributed by atoms with van der Waals surface area (Å²) in [4.78, 5) is 15.5. The van der Waals surface area contributed by atoms with Gasteiger partial charge in [-0.2, -0.15) is 4.37 Å². The summed E-state index contributed by atoms with van der Waals surface area (Å²) in [5.74, 6) is -1.06. The standard InChI is InChI=1S/C19H15FN4O4S2/c20-14-7-15-16(8-17(14)30(26,27)23-18-21-10-22-29-18)28-19(25)24(15)9-12-6-13(12)11-4-2-1-3-5-11/h1-5,7-8,10,12-13H,6,9H2,(H,21,22,23)/t12-,13-/m1/s1. The molecule has 8 nitrogen and oxygen atoms in total. The Kier molecular flexibility index (Phi) is 4.44. The Bertz CT molecular complexity index is 1380. The average Bonchev–Trinajstić information content (AvgIpc) is 3.19. The first-order valence-electron chi connectivity index (χ1n) is 9.10. The minimum absolute atomic E-state index is 0.00852. The van der Waals surface area contributed by atoms with Crippen molar-refractivity contribution in [3.63, 3.8) is 0 Å². The molecule has 0 radical (unpaired) electrons. The highest BCUT2D eigenvalue weighted by atomic mass is 32.2. The predicted octanol–water partition coefficient (Wildman–Crippen LogP) is 3.19. The molecule has 0 aliphatic heterocycles. The number of aromatic nitrogens is 3. The van der Waals surface area contributed by atoms with Crippen LogP contribution in [0.4, 0.5) is 9.52 Å². The molecule has 0 saturated heterocycles. The fraction of sp³-hybridized carbons (Fsp3) is 0.211. The topological polar surface area (TPSA) is 107 Å². The van der Waals surface area contributed by atoms with E-state index < -0.39 is 26.5 Å². The highest BCUT2D eigenvalue weighted by Crippen LogP contribution is 2.48. The molecule has 0 spiro atoms. The molecular weight excluding hydrogens is 431 g/mol. The zero-order chi connectivity index (χ0) is 20.9. The first-order valence-corrected chi connectivity index (χ1v) is 11.4. The number of anilines is 1.